The topological polar surface area (TPSA) is 21.3 Å². The van der Waals surface area contributed by atoms with Gasteiger partial charge in [-0.3, -0.25) is 0 Å². The Morgan fingerprint density at radius 2 is 2.00 bits per heavy atom. The van der Waals surface area contributed by atoms with E-state index < -0.39 is 0 Å². The predicted molar refractivity (Wildman–Crippen MR) is 73.1 cm³/mol. The third-order valence-corrected chi connectivity index (χ3v) is 3.42. The Balaban J connectivity index is 2.53. The maximum Gasteiger partial charge on any atom is 0.146 e. The summed E-state index contributed by atoms with van der Waals surface area (Å²) >= 11 is 0. The molecular formula is C15H23NO. The summed E-state index contributed by atoms with van der Waals surface area (Å²) in [5.74, 6) is 1.56. The molecule has 0 atom stereocenters. The minimum Gasteiger partial charge on any atom is -0.485 e. The molecule has 2 rings (SSSR count). The zero-order chi connectivity index (χ0) is 12.6. The molecule has 0 radical (unpaired) electrons. The van der Waals surface area contributed by atoms with Crippen LogP contribution in [0.1, 0.15) is 51.2 Å². The minimum atomic E-state index is -0.0847. The molecule has 1 N–H and O–H groups in total. The highest BCUT2D eigenvalue weighted by atomic mass is 16.5. The van der Waals surface area contributed by atoms with Crippen molar-refractivity contribution in [3.05, 3.63) is 23.3 Å². The van der Waals surface area contributed by atoms with Crippen LogP contribution in [0.2, 0.25) is 0 Å². The molecule has 94 valence electrons. The van der Waals surface area contributed by atoms with Gasteiger partial charge in [0, 0.05) is 13.0 Å². The van der Waals surface area contributed by atoms with Crippen molar-refractivity contribution in [2.45, 2.75) is 52.6 Å². The van der Waals surface area contributed by atoms with Crippen LogP contribution in [0.5, 0.6) is 5.75 Å². The number of anilines is 1. The molecule has 1 aliphatic heterocycles. The molecule has 0 spiro atoms. The van der Waals surface area contributed by atoms with E-state index in [1.807, 2.05) is 0 Å². The minimum absolute atomic E-state index is 0.0847. The normalized spacial score (nSPS) is 18.0. The van der Waals surface area contributed by atoms with Gasteiger partial charge in [-0.05, 0) is 37.8 Å². The Bertz CT molecular complexity index is 421. The van der Waals surface area contributed by atoms with Crippen LogP contribution in [0.25, 0.3) is 0 Å². The van der Waals surface area contributed by atoms with Crippen LogP contribution >= 0.6 is 0 Å². The summed E-state index contributed by atoms with van der Waals surface area (Å²) in [6, 6.07) is 4.38. The van der Waals surface area contributed by atoms with Gasteiger partial charge in [0.1, 0.15) is 11.4 Å². The molecule has 2 heteroatoms. The van der Waals surface area contributed by atoms with Gasteiger partial charge in [-0.2, -0.15) is 0 Å². The Labute approximate surface area is 104 Å². The van der Waals surface area contributed by atoms with E-state index in [0.717, 1.165) is 18.7 Å². The van der Waals surface area contributed by atoms with E-state index >= 15 is 0 Å². The summed E-state index contributed by atoms with van der Waals surface area (Å²) in [4.78, 5) is 0. The van der Waals surface area contributed by atoms with Crippen LogP contribution < -0.4 is 10.1 Å². The van der Waals surface area contributed by atoms with Crippen LogP contribution in [0, 0.1) is 6.92 Å². The first kappa shape index (κ1) is 12.3. The van der Waals surface area contributed by atoms with E-state index in [0.29, 0.717) is 5.92 Å². The molecular weight excluding hydrogens is 210 g/mol. The molecule has 1 aliphatic rings. The number of fused-ring (bicyclic) bond motifs is 1. The van der Waals surface area contributed by atoms with Crippen molar-refractivity contribution in [2.24, 2.45) is 0 Å². The lowest BCUT2D eigenvalue weighted by molar-refractivity contribution is 0.107. The quantitative estimate of drug-likeness (QED) is 0.788. The molecule has 0 amide bonds. The zero-order valence-corrected chi connectivity index (χ0v) is 11.6. The molecule has 0 saturated carbocycles. The Morgan fingerprint density at radius 3 is 2.65 bits per heavy atom. The second-order valence-electron chi connectivity index (χ2n) is 5.87. The average molecular weight is 233 g/mol. The SMILES string of the molecule is Cc1ccc(C(C)C)c2c1OC(C)(C)CCN2. The predicted octanol–water partition coefficient (Wildman–Crippen LogP) is 4.09. The van der Waals surface area contributed by atoms with E-state index in [2.05, 4.69) is 52.1 Å². The molecule has 2 nitrogen and oxygen atoms in total. The lowest BCUT2D eigenvalue weighted by Gasteiger charge is -2.25. The van der Waals surface area contributed by atoms with Gasteiger partial charge in [0.25, 0.3) is 0 Å². The molecule has 0 fully saturated rings. The number of hydrogen-bond donors (Lipinski definition) is 1. The number of aryl methyl sites for hydroxylation is 1. The van der Waals surface area contributed by atoms with Crippen LogP contribution in [0.3, 0.4) is 0 Å². The first-order valence-corrected chi connectivity index (χ1v) is 6.47. The number of hydrogen-bond acceptors (Lipinski definition) is 2. The molecule has 1 aromatic rings. The highest BCUT2D eigenvalue weighted by Gasteiger charge is 2.27. The van der Waals surface area contributed by atoms with Crippen molar-refractivity contribution in [1.82, 2.24) is 0 Å². The van der Waals surface area contributed by atoms with Gasteiger partial charge < -0.3 is 10.1 Å². The van der Waals surface area contributed by atoms with Crippen molar-refractivity contribution in [3.63, 3.8) is 0 Å². The van der Waals surface area contributed by atoms with Crippen LogP contribution in [-0.2, 0) is 0 Å². The molecule has 0 unspecified atom stereocenters. The molecule has 0 aromatic heterocycles. The van der Waals surface area contributed by atoms with E-state index in [1.165, 1.54) is 16.8 Å². The van der Waals surface area contributed by atoms with Crippen molar-refractivity contribution in [1.29, 1.82) is 0 Å². The molecule has 1 aromatic carbocycles. The summed E-state index contributed by atoms with van der Waals surface area (Å²) in [6.07, 6.45) is 1.03. The zero-order valence-electron chi connectivity index (χ0n) is 11.6. The Morgan fingerprint density at radius 1 is 1.29 bits per heavy atom. The second kappa shape index (κ2) is 4.25. The van der Waals surface area contributed by atoms with Crippen molar-refractivity contribution in [2.75, 3.05) is 11.9 Å². The fraction of sp³-hybridized carbons (Fsp3) is 0.600. The van der Waals surface area contributed by atoms with E-state index in [1.54, 1.807) is 0 Å². The van der Waals surface area contributed by atoms with E-state index in [-0.39, 0.29) is 5.60 Å². The number of benzene rings is 1. The Kier molecular flexibility index (Phi) is 3.07. The maximum absolute atomic E-state index is 6.20. The van der Waals surface area contributed by atoms with Gasteiger partial charge >= 0.3 is 0 Å². The summed E-state index contributed by atoms with van der Waals surface area (Å²) in [6.45, 7) is 11.9. The Hall–Kier alpha value is -1.18. The van der Waals surface area contributed by atoms with Gasteiger partial charge in [0.2, 0.25) is 0 Å². The van der Waals surface area contributed by atoms with Crippen molar-refractivity contribution in [3.8, 4) is 5.75 Å². The molecule has 0 saturated heterocycles. The van der Waals surface area contributed by atoms with Crippen LogP contribution in [0.15, 0.2) is 12.1 Å². The second-order valence-corrected chi connectivity index (χ2v) is 5.87. The number of ether oxygens (including phenoxy) is 1. The lowest BCUT2D eigenvalue weighted by atomic mass is 9.98. The standard InChI is InChI=1S/C15H23NO/c1-10(2)12-7-6-11(3)14-13(12)16-9-8-15(4,5)17-14/h6-7,10,16H,8-9H2,1-5H3. The van der Waals surface area contributed by atoms with Gasteiger partial charge in [-0.25, -0.2) is 0 Å². The van der Waals surface area contributed by atoms with Crippen LogP contribution in [-0.4, -0.2) is 12.1 Å². The number of nitrogens with one attached hydrogen (secondary N) is 1. The first-order chi connectivity index (χ1) is 7.91. The monoisotopic (exact) mass is 233 g/mol. The van der Waals surface area contributed by atoms with Crippen LogP contribution in [0.4, 0.5) is 5.69 Å². The highest BCUT2D eigenvalue weighted by Crippen LogP contribution is 2.40. The van der Waals surface area contributed by atoms with Crippen molar-refractivity contribution >= 4 is 5.69 Å². The molecule has 17 heavy (non-hydrogen) atoms. The summed E-state index contributed by atoms with van der Waals surface area (Å²) in [5.41, 5.74) is 3.68. The van der Waals surface area contributed by atoms with Crippen molar-refractivity contribution < 1.29 is 4.74 Å². The third-order valence-electron chi connectivity index (χ3n) is 3.42. The third kappa shape index (κ3) is 2.41. The summed E-state index contributed by atoms with van der Waals surface area (Å²) in [5, 5.41) is 3.55. The average Bonchev–Trinajstić information content (AvgIpc) is 2.37. The molecule has 0 bridgehead atoms. The van der Waals surface area contributed by atoms with Gasteiger partial charge in [0.05, 0.1) is 5.69 Å². The highest BCUT2D eigenvalue weighted by molar-refractivity contribution is 5.66. The summed E-state index contributed by atoms with van der Waals surface area (Å²) in [7, 11) is 0. The smallest absolute Gasteiger partial charge is 0.146 e. The largest absolute Gasteiger partial charge is 0.485 e. The summed E-state index contributed by atoms with van der Waals surface area (Å²) < 4.78 is 6.20. The van der Waals surface area contributed by atoms with E-state index in [9.17, 15) is 0 Å². The van der Waals surface area contributed by atoms with E-state index in [4.69, 9.17) is 4.74 Å². The van der Waals surface area contributed by atoms with Gasteiger partial charge in [0.15, 0.2) is 0 Å². The number of rotatable bonds is 1. The first-order valence-electron chi connectivity index (χ1n) is 6.47. The lowest BCUT2D eigenvalue weighted by Crippen LogP contribution is -2.28. The maximum atomic E-state index is 6.20. The van der Waals surface area contributed by atoms with Gasteiger partial charge in [-0.15, -0.1) is 0 Å². The van der Waals surface area contributed by atoms with Gasteiger partial charge in [-0.1, -0.05) is 26.0 Å². The fourth-order valence-electron chi connectivity index (χ4n) is 2.31. The molecule has 1 heterocycles. The fourth-order valence-corrected chi connectivity index (χ4v) is 2.31. The molecule has 0 aliphatic carbocycles.